The maximum atomic E-state index is 13.9. The molecule has 0 spiro atoms. The van der Waals surface area contributed by atoms with Crippen molar-refractivity contribution >= 4 is 31.7 Å². The minimum absolute atomic E-state index is 0.0331. The molecule has 148 valence electrons. The van der Waals surface area contributed by atoms with E-state index in [1.807, 2.05) is 4.72 Å². The van der Waals surface area contributed by atoms with Crippen LogP contribution in [0.4, 0.5) is 8.78 Å². The zero-order valence-electron chi connectivity index (χ0n) is 14.2. The average molecular weight is 467 g/mol. The molecule has 0 amide bonds. The van der Waals surface area contributed by atoms with Gasteiger partial charge in [-0.2, -0.15) is 0 Å². The van der Waals surface area contributed by atoms with Gasteiger partial charge in [0.05, 0.1) is 10.2 Å². The minimum Gasteiger partial charge on any atom is -0.411 e. The number of sulfonamides is 1. The topological polar surface area (TPSA) is 118 Å². The Kier molecular flexibility index (Phi) is 7.39. The summed E-state index contributed by atoms with van der Waals surface area (Å²) in [6.07, 6.45) is -1.62. The van der Waals surface area contributed by atoms with Crippen LogP contribution in [0.1, 0.15) is 23.4 Å². The minimum atomic E-state index is -3.67. The molecule has 1 atom stereocenters. The first-order valence-corrected chi connectivity index (χ1v) is 10.2. The molecule has 27 heavy (non-hydrogen) atoms. The number of benzene rings is 1. The Hall–Kier alpha value is -1.92. The lowest BCUT2D eigenvalue weighted by molar-refractivity contribution is 0.297. The lowest BCUT2D eigenvalue weighted by atomic mass is 10.0. The number of aryl methyl sites for hydroxylation is 1. The molecule has 0 aliphatic rings. The quantitative estimate of drug-likeness (QED) is 0.332. The molecular formula is C15H17BrF2N4O4S. The number of aromatic nitrogens is 2. The maximum Gasteiger partial charge on any atom is 0.214 e. The summed E-state index contributed by atoms with van der Waals surface area (Å²) in [5.74, 6) is -1.11. The van der Waals surface area contributed by atoms with E-state index in [1.54, 1.807) is 0 Å². The number of nitrogens with zero attached hydrogens (tertiary/aromatic N) is 3. The summed E-state index contributed by atoms with van der Waals surface area (Å²) in [4.78, 5) is 0. The number of hydrogen-bond acceptors (Lipinski definition) is 7. The Labute approximate surface area is 162 Å². The predicted octanol–water partition coefficient (Wildman–Crippen LogP) is 2.21. The van der Waals surface area contributed by atoms with Crippen LogP contribution in [0.2, 0.25) is 0 Å². The van der Waals surface area contributed by atoms with Crippen molar-refractivity contribution in [3.05, 3.63) is 45.4 Å². The molecule has 2 aromatic rings. The Balaban J connectivity index is 2.08. The number of rotatable bonds is 9. The third-order valence-corrected chi connectivity index (χ3v) is 5.74. The van der Waals surface area contributed by atoms with E-state index in [-0.39, 0.29) is 40.8 Å². The third-order valence-electron chi connectivity index (χ3n) is 3.71. The van der Waals surface area contributed by atoms with Gasteiger partial charge in [0, 0.05) is 6.42 Å². The smallest absolute Gasteiger partial charge is 0.214 e. The van der Waals surface area contributed by atoms with Crippen molar-refractivity contribution in [1.82, 2.24) is 15.0 Å². The van der Waals surface area contributed by atoms with Crippen molar-refractivity contribution in [2.45, 2.75) is 25.4 Å². The normalized spacial score (nSPS) is 13.7. The highest BCUT2D eigenvalue weighted by Gasteiger charge is 2.22. The fourth-order valence-electron chi connectivity index (χ4n) is 2.30. The van der Waals surface area contributed by atoms with Crippen molar-refractivity contribution in [2.24, 2.45) is 5.16 Å². The van der Waals surface area contributed by atoms with Crippen LogP contribution >= 0.6 is 15.9 Å². The van der Waals surface area contributed by atoms with Gasteiger partial charge in [-0.05, 0) is 58.7 Å². The molecule has 12 heteroatoms. The summed E-state index contributed by atoms with van der Waals surface area (Å²) < 4.78 is 56.9. The van der Waals surface area contributed by atoms with E-state index in [0.29, 0.717) is 5.56 Å². The van der Waals surface area contributed by atoms with E-state index in [2.05, 4.69) is 36.0 Å². The standard InChI is InChI=1S/C15H17BrF2N4O4S/c1-19-27(24,25)8-10(17)3-5-13-15(22-26-21-13)14(20-23)7-9-2-4-12(18)11(16)6-9/h2,4,6,10,19,23H,3,5,7-8H2,1H3/b20-14+. The van der Waals surface area contributed by atoms with Gasteiger partial charge in [0.1, 0.15) is 23.4 Å². The molecule has 1 unspecified atom stereocenters. The Bertz CT molecular complexity index is 920. The van der Waals surface area contributed by atoms with E-state index in [9.17, 15) is 22.4 Å². The first kappa shape index (κ1) is 21.4. The molecule has 0 aliphatic carbocycles. The van der Waals surface area contributed by atoms with Gasteiger partial charge in [-0.25, -0.2) is 26.5 Å². The van der Waals surface area contributed by atoms with Crippen LogP contribution < -0.4 is 4.72 Å². The van der Waals surface area contributed by atoms with Gasteiger partial charge in [-0.15, -0.1) is 0 Å². The van der Waals surface area contributed by atoms with E-state index in [1.165, 1.54) is 25.2 Å². The number of nitrogens with one attached hydrogen (secondary N) is 1. The number of hydrogen-bond donors (Lipinski definition) is 2. The predicted molar refractivity (Wildman–Crippen MR) is 96.5 cm³/mol. The molecular weight excluding hydrogens is 450 g/mol. The molecule has 1 aromatic heterocycles. The molecule has 0 saturated heterocycles. The van der Waals surface area contributed by atoms with Gasteiger partial charge in [-0.3, -0.25) is 0 Å². The Morgan fingerprint density at radius 1 is 1.44 bits per heavy atom. The molecule has 1 heterocycles. The highest BCUT2D eigenvalue weighted by molar-refractivity contribution is 9.10. The van der Waals surface area contributed by atoms with Crippen molar-refractivity contribution < 1.29 is 27.0 Å². The molecule has 0 radical (unpaired) electrons. The van der Waals surface area contributed by atoms with Crippen LogP contribution in [-0.2, 0) is 22.9 Å². The second-order valence-corrected chi connectivity index (χ2v) is 8.48. The van der Waals surface area contributed by atoms with E-state index < -0.39 is 27.8 Å². The van der Waals surface area contributed by atoms with E-state index >= 15 is 0 Å². The average Bonchev–Trinajstić information content (AvgIpc) is 3.09. The summed E-state index contributed by atoms with van der Waals surface area (Å²) in [5, 5.41) is 19.8. The highest BCUT2D eigenvalue weighted by Crippen LogP contribution is 2.19. The summed E-state index contributed by atoms with van der Waals surface area (Å²) in [7, 11) is -2.46. The third kappa shape index (κ3) is 6.04. The summed E-state index contributed by atoms with van der Waals surface area (Å²) >= 11 is 3.07. The molecule has 0 saturated carbocycles. The second-order valence-electron chi connectivity index (χ2n) is 5.65. The van der Waals surface area contributed by atoms with Crippen molar-refractivity contribution in [2.75, 3.05) is 12.8 Å². The maximum absolute atomic E-state index is 13.9. The van der Waals surface area contributed by atoms with Crippen molar-refractivity contribution in [1.29, 1.82) is 0 Å². The molecule has 2 N–H and O–H groups in total. The Morgan fingerprint density at radius 3 is 2.81 bits per heavy atom. The fourth-order valence-corrected chi connectivity index (χ4v) is 3.53. The van der Waals surface area contributed by atoms with E-state index in [4.69, 9.17) is 0 Å². The number of alkyl halides is 1. The molecule has 2 rings (SSSR count). The van der Waals surface area contributed by atoms with Crippen molar-refractivity contribution in [3.8, 4) is 0 Å². The van der Waals surface area contributed by atoms with Crippen LogP contribution in [0.15, 0.2) is 32.5 Å². The lowest BCUT2D eigenvalue weighted by Gasteiger charge is -2.08. The molecule has 8 nitrogen and oxygen atoms in total. The van der Waals surface area contributed by atoms with Gasteiger partial charge in [0.15, 0.2) is 5.69 Å². The van der Waals surface area contributed by atoms with Gasteiger partial charge < -0.3 is 5.21 Å². The monoisotopic (exact) mass is 466 g/mol. The lowest BCUT2D eigenvalue weighted by Crippen LogP contribution is -2.28. The Morgan fingerprint density at radius 2 is 2.19 bits per heavy atom. The van der Waals surface area contributed by atoms with Crippen LogP contribution in [-0.4, -0.2) is 48.6 Å². The molecule has 1 aromatic carbocycles. The number of halogens is 3. The molecule has 0 fully saturated rings. The van der Waals surface area contributed by atoms with Gasteiger partial charge in [-0.1, -0.05) is 16.4 Å². The summed E-state index contributed by atoms with van der Waals surface area (Å²) in [6, 6.07) is 4.29. The first-order chi connectivity index (χ1) is 12.8. The van der Waals surface area contributed by atoms with Crippen LogP contribution in [0.3, 0.4) is 0 Å². The highest BCUT2D eigenvalue weighted by atomic mass is 79.9. The van der Waals surface area contributed by atoms with Crippen LogP contribution in [0, 0.1) is 5.82 Å². The largest absolute Gasteiger partial charge is 0.411 e. The number of oxime groups is 1. The second kappa shape index (κ2) is 9.33. The van der Waals surface area contributed by atoms with Gasteiger partial charge in [0.2, 0.25) is 10.0 Å². The zero-order chi connectivity index (χ0) is 20.0. The van der Waals surface area contributed by atoms with E-state index in [0.717, 1.165) is 0 Å². The molecule has 0 bridgehead atoms. The van der Waals surface area contributed by atoms with Gasteiger partial charge >= 0.3 is 0 Å². The van der Waals surface area contributed by atoms with Crippen LogP contribution in [0.5, 0.6) is 0 Å². The van der Waals surface area contributed by atoms with Gasteiger partial charge in [0.25, 0.3) is 0 Å². The molecule has 0 aliphatic heterocycles. The summed E-state index contributed by atoms with van der Waals surface area (Å²) in [6.45, 7) is 0. The zero-order valence-corrected chi connectivity index (χ0v) is 16.6. The van der Waals surface area contributed by atoms with Crippen LogP contribution in [0.25, 0.3) is 0 Å². The SMILES string of the molecule is CNS(=O)(=O)CC(F)CCc1nonc1/C(Cc1ccc(F)c(Br)c1)=N/O. The van der Waals surface area contributed by atoms with Crippen molar-refractivity contribution in [3.63, 3.8) is 0 Å². The fraction of sp³-hybridized carbons (Fsp3) is 0.400. The summed E-state index contributed by atoms with van der Waals surface area (Å²) in [5.41, 5.74) is 1.09. The first-order valence-electron chi connectivity index (χ1n) is 7.77.